The number of pyridine rings is 1. The SMILES string of the molecule is COc1ccc(CN(Cc2c(C)cccc2C)c2nc(Br)cc3c(C)c(C)[nH]c23)cc1. The summed E-state index contributed by atoms with van der Waals surface area (Å²) in [5.41, 5.74) is 8.66. The zero-order valence-corrected chi connectivity index (χ0v) is 20.3. The maximum Gasteiger partial charge on any atom is 0.154 e. The number of benzene rings is 2. The first kappa shape index (κ1) is 21.4. The maximum absolute atomic E-state index is 5.34. The van der Waals surface area contributed by atoms with Crippen molar-refractivity contribution in [2.24, 2.45) is 0 Å². The van der Waals surface area contributed by atoms with Crippen LogP contribution in [0.4, 0.5) is 5.82 Å². The highest BCUT2D eigenvalue weighted by Gasteiger charge is 2.19. The van der Waals surface area contributed by atoms with Crippen LogP contribution in [0.25, 0.3) is 10.9 Å². The van der Waals surface area contributed by atoms with Crippen LogP contribution in [0.3, 0.4) is 0 Å². The Bertz CT molecular complexity index is 1210. The van der Waals surface area contributed by atoms with Gasteiger partial charge in [0.05, 0.1) is 12.6 Å². The Labute approximate surface area is 192 Å². The zero-order valence-electron chi connectivity index (χ0n) is 18.7. The minimum Gasteiger partial charge on any atom is -0.497 e. The fourth-order valence-electron chi connectivity index (χ4n) is 4.08. The molecule has 31 heavy (non-hydrogen) atoms. The van der Waals surface area contributed by atoms with Crippen LogP contribution in [0.1, 0.15) is 33.5 Å². The summed E-state index contributed by atoms with van der Waals surface area (Å²) in [4.78, 5) is 10.9. The number of rotatable bonds is 6. The molecule has 2 heterocycles. The quantitative estimate of drug-likeness (QED) is 0.311. The molecule has 0 aliphatic carbocycles. The van der Waals surface area contributed by atoms with Crippen LogP contribution >= 0.6 is 15.9 Å². The first-order valence-electron chi connectivity index (χ1n) is 10.5. The van der Waals surface area contributed by atoms with Crippen LogP contribution < -0.4 is 9.64 Å². The molecule has 5 heteroatoms. The minimum atomic E-state index is 0.743. The molecule has 0 aliphatic rings. The molecule has 4 nitrogen and oxygen atoms in total. The van der Waals surface area contributed by atoms with Crippen molar-refractivity contribution in [3.8, 4) is 5.75 Å². The second kappa shape index (κ2) is 8.75. The third-order valence-electron chi connectivity index (χ3n) is 6.07. The molecule has 4 rings (SSSR count). The van der Waals surface area contributed by atoms with E-state index < -0.39 is 0 Å². The van der Waals surface area contributed by atoms with Crippen LogP contribution in [0.15, 0.2) is 53.1 Å². The van der Waals surface area contributed by atoms with Gasteiger partial charge in [-0.2, -0.15) is 0 Å². The fraction of sp³-hybridized carbons (Fsp3) is 0.269. The van der Waals surface area contributed by atoms with Gasteiger partial charge in [-0.25, -0.2) is 4.98 Å². The van der Waals surface area contributed by atoms with Crippen LogP contribution in [0.5, 0.6) is 5.75 Å². The largest absolute Gasteiger partial charge is 0.497 e. The third-order valence-corrected chi connectivity index (χ3v) is 6.48. The van der Waals surface area contributed by atoms with Crippen molar-refractivity contribution < 1.29 is 4.74 Å². The summed E-state index contributed by atoms with van der Waals surface area (Å²) in [6, 6.07) is 16.9. The molecular formula is C26H28BrN3O. The van der Waals surface area contributed by atoms with Gasteiger partial charge in [0.15, 0.2) is 5.82 Å². The van der Waals surface area contributed by atoms with Crippen LogP contribution in [0.2, 0.25) is 0 Å². The third kappa shape index (κ3) is 4.33. The Morgan fingerprint density at radius 1 is 0.968 bits per heavy atom. The molecule has 0 radical (unpaired) electrons. The lowest BCUT2D eigenvalue weighted by molar-refractivity contribution is 0.414. The van der Waals surface area contributed by atoms with Gasteiger partial charge in [0.1, 0.15) is 10.4 Å². The van der Waals surface area contributed by atoms with Crippen molar-refractivity contribution in [1.29, 1.82) is 0 Å². The van der Waals surface area contributed by atoms with Gasteiger partial charge >= 0.3 is 0 Å². The lowest BCUT2D eigenvalue weighted by Gasteiger charge is -2.27. The smallest absolute Gasteiger partial charge is 0.154 e. The van der Waals surface area contributed by atoms with Crippen molar-refractivity contribution in [2.45, 2.75) is 40.8 Å². The first-order chi connectivity index (χ1) is 14.9. The Morgan fingerprint density at radius 2 is 1.65 bits per heavy atom. The molecule has 160 valence electrons. The highest BCUT2D eigenvalue weighted by Crippen LogP contribution is 2.33. The zero-order chi connectivity index (χ0) is 22.1. The maximum atomic E-state index is 5.34. The Balaban J connectivity index is 1.84. The van der Waals surface area contributed by atoms with Gasteiger partial charge in [-0.15, -0.1) is 0 Å². The number of methoxy groups -OCH3 is 1. The average molecular weight is 478 g/mol. The van der Waals surface area contributed by atoms with Gasteiger partial charge in [-0.1, -0.05) is 30.3 Å². The molecule has 0 aliphatic heterocycles. The van der Waals surface area contributed by atoms with E-state index in [1.807, 2.05) is 12.1 Å². The van der Waals surface area contributed by atoms with Crippen molar-refractivity contribution in [2.75, 3.05) is 12.0 Å². The number of aromatic amines is 1. The number of anilines is 1. The molecule has 0 amide bonds. The Hall–Kier alpha value is -2.79. The number of hydrogen-bond acceptors (Lipinski definition) is 3. The standard InChI is InChI=1S/C26H28BrN3O/c1-16-7-6-8-17(2)23(16)15-30(14-20-9-11-21(31-5)12-10-20)26-25-22(13-24(27)29-26)18(3)19(4)28-25/h6-13,28H,14-15H2,1-5H3. The lowest BCUT2D eigenvalue weighted by atomic mass is 10.0. The van der Waals surface area contributed by atoms with Gasteiger partial charge in [-0.3, -0.25) is 0 Å². The summed E-state index contributed by atoms with van der Waals surface area (Å²) in [6.07, 6.45) is 0. The number of nitrogens with one attached hydrogen (secondary N) is 1. The number of ether oxygens (including phenoxy) is 1. The van der Waals surface area contributed by atoms with E-state index >= 15 is 0 Å². The molecule has 2 aromatic heterocycles. The van der Waals surface area contributed by atoms with Crippen molar-refractivity contribution in [3.63, 3.8) is 0 Å². The number of fused-ring (bicyclic) bond motifs is 1. The topological polar surface area (TPSA) is 41.1 Å². The number of nitrogens with zero attached hydrogens (tertiary/aromatic N) is 2. The van der Waals surface area contributed by atoms with Crippen LogP contribution in [-0.2, 0) is 13.1 Å². The van der Waals surface area contributed by atoms with Gasteiger partial charge in [-0.05, 0) is 89.6 Å². The van der Waals surface area contributed by atoms with Gasteiger partial charge in [0, 0.05) is 24.2 Å². The van der Waals surface area contributed by atoms with Gasteiger partial charge in [0.2, 0.25) is 0 Å². The summed E-state index contributed by atoms with van der Waals surface area (Å²) in [5.74, 6) is 1.82. The van der Waals surface area contributed by atoms with E-state index in [1.54, 1.807) is 7.11 Å². The second-order valence-electron chi connectivity index (χ2n) is 8.14. The number of H-pyrrole nitrogens is 1. The highest BCUT2D eigenvalue weighted by atomic mass is 79.9. The fourth-order valence-corrected chi connectivity index (χ4v) is 4.48. The molecule has 0 saturated carbocycles. The molecule has 1 N–H and O–H groups in total. The predicted octanol–water partition coefficient (Wildman–Crippen LogP) is 6.77. The molecule has 0 fully saturated rings. The lowest BCUT2D eigenvalue weighted by Crippen LogP contribution is -2.24. The monoisotopic (exact) mass is 477 g/mol. The summed E-state index contributed by atoms with van der Waals surface area (Å²) in [6.45, 7) is 10.2. The normalized spacial score (nSPS) is 11.2. The van der Waals surface area contributed by atoms with Crippen molar-refractivity contribution >= 4 is 32.7 Å². The molecule has 0 spiro atoms. The molecular weight excluding hydrogens is 450 g/mol. The average Bonchev–Trinajstić information content (AvgIpc) is 3.04. The van der Waals surface area contributed by atoms with E-state index in [4.69, 9.17) is 9.72 Å². The van der Waals surface area contributed by atoms with E-state index in [0.717, 1.165) is 34.8 Å². The number of hydrogen-bond donors (Lipinski definition) is 1. The van der Waals surface area contributed by atoms with Crippen LogP contribution in [-0.4, -0.2) is 17.1 Å². The molecule has 0 bridgehead atoms. The van der Waals surface area contributed by atoms with Gasteiger partial charge < -0.3 is 14.6 Å². The summed E-state index contributed by atoms with van der Waals surface area (Å²) in [5, 5.41) is 1.20. The number of aryl methyl sites for hydroxylation is 4. The van der Waals surface area contributed by atoms with E-state index in [2.05, 4.69) is 89.9 Å². The Morgan fingerprint density at radius 3 is 2.29 bits per heavy atom. The van der Waals surface area contributed by atoms with E-state index in [-0.39, 0.29) is 0 Å². The van der Waals surface area contributed by atoms with E-state index in [1.165, 1.54) is 38.9 Å². The van der Waals surface area contributed by atoms with E-state index in [9.17, 15) is 0 Å². The summed E-state index contributed by atoms with van der Waals surface area (Å²) in [7, 11) is 1.69. The molecule has 0 saturated heterocycles. The predicted molar refractivity (Wildman–Crippen MR) is 132 cm³/mol. The van der Waals surface area contributed by atoms with Crippen molar-refractivity contribution in [3.05, 3.63) is 86.6 Å². The first-order valence-corrected chi connectivity index (χ1v) is 11.2. The summed E-state index contributed by atoms with van der Waals surface area (Å²) < 4.78 is 6.18. The molecule has 2 aromatic carbocycles. The highest BCUT2D eigenvalue weighted by molar-refractivity contribution is 9.10. The minimum absolute atomic E-state index is 0.743. The Kier molecular flexibility index (Phi) is 6.05. The second-order valence-corrected chi connectivity index (χ2v) is 8.95. The molecule has 0 unspecified atom stereocenters. The molecule has 4 aromatic rings. The van der Waals surface area contributed by atoms with Crippen molar-refractivity contribution in [1.82, 2.24) is 9.97 Å². The van der Waals surface area contributed by atoms with Crippen LogP contribution in [0, 0.1) is 27.7 Å². The number of aromatic nitrogens is 2. The van der Waals surface area contributed by atoms with Gasteiger partial charge in [0.25, 0.3) is 0 Å². The van der Waals surface area contributed by atoms with E-state index in [0.29, 0.717) is 0 Å². The summed E-state index contributed by atoms with van der Waals surface area (Å²) >= 11 is 3.65. The molecule has 0 atom stereocenters. The number of halogens is 1.